The van der Waals surface area contributed by atoms with Gasteiger partial charge >= 0.3 is 0 Å². The number of fused-ring (bicyclic) bond motifs is 3. The van der Waals surface area contributed by atoms with Crippen LogP contribution in [0.4, 0.5) is 0 Å². The van der Waals surface area contributed by atoms with E-state index in [4.69, 9.17) is 14.2 Å². The van der Waals surface area contributed by atoms with Crippen molar-refractivity contribution in [3.05, 3.63) is 68.1 Å². The molecular formula is C23H25NO4S. The molecule has 152 valence electrons. The summed E-state index contributed by atoms with van der Waals surface area (Å²) in [4.78, 5) is 13.4. The van der Waals surface area contributed by atoms with E-state index in [1.54, 1.807) is 37.7 Å². The molecule has 0 amide bonds. The first-order valence-corrected chi connectivity index (χ1v) is 10.6. The van der Waals surface area contributed by atoms with Gasteiger partial charge in [0.15, 0.2) is 16.9 Å². The van der Waals surface area contributed by atoms with Crippen molar-refractivity contribution in [1.82, 2.24) is 4.57 Å². The van der Waals surface area contributed by atoms with Gasteiger partial charge in [-0.25, -0.2) is 0 Å². The molecule has 2 aromatic heterocycles. The van der Waals surface area contributed by atoms with E-state index >= 15 is 0 Å². The van der Waals surface area contributed by atoms with Crippen molar-refractivity contribution in [1.29, 1.82) is 0 Å². The molecule has 3 aromatic rings. The monoisotopic (exact) mass is 411 g/mol. The number of hydrogen-bond acceptors (Lipinski definition) is 5. The van der Waals surface area contributed by atoms with Crippen molar-refractivity contribution < 1.29 is 14.2 Å². The molecular weight excluding hydrogens is 386 g/mol. The average molecular weight is 412 g/mol. The SMILES string of the molecule is COCCCOc1cc2c(cc1OC)-c1cc(=O)ccn1C(c1cc(C)cs1)C2. The van der Waals surface area contributed by atoms with E-state index in [2.05, 4.69) is 29.0 Å². The minimum atomic E-state index is 0.00377. The molecule has 0 spiro atoms. The van der Waals surface area contributed by atoms with Crippen LogP contribution in [0.25, 0.3) is 11.3 Å². The van der Waals surface area contributed by atoms with Crippen molar-refractivity contribution in [2.75, 3.05) is 27.4 Å². The zero-order valence-corrected chi connectivity index (χ0v) is 17.8. The first kappa shape index (κ1) is 19.7. The Morgan fingerprint density at radius 2 is 2.00 bits per heavy atom. The lowest BCUT2D eigenvalue weighted by Gasteiger charge is -2.30. The summed E-state index contributed by atoms with van der Waals surface area (Å²) >= 11 is 1.76. The van der Waals surface area contributed by atoms with Crippen LogP contribution in [0.15, 0.2) is 46.7 Å². The predicted molar refractivity (Wildman–Crippen MR) is 116 cm³/mol. The Hall–Kier alpha value is -2.57. The standard InChI is InChI=1S/C23H25NO4S/c1-15-9-23(29-14-15)20-10-16-11-22(28-8-4-7-26-2)21(27-3)13-18(16)19-12-17(25)5-6-24(19)20/h5-6,9,11-14,20H,4,7-8,10H2,1-3H3. The molecule has 3 heterocycles. The molecule has 0 fully saturated rings. The number of hydrogen-bond donors (Lipinski definition) is 0. The molecule has 0 saturated carbocycles. The van der Waals surface area contributed by atoms with Gasteiger partial charge < -0.3 is 18.8 Å². The Balaban J connectivity index is 1.78. The highest BCUT2D eigenvalue weighted by Gasteiger charge is 2.27. The Labute approximate surface area is 174 Å². The quantitative estimate of drug-likeness (QED) is 0.539. The van der Waals surface area contributed by atoms with Gasteiger partial charge in [-0.15, -0.1) is 11.3 Å². The van der Waals surface area contributed by atoms with Gasteiger partial charge in [0.25, 0.3) is 0 Å². The Morgan fingerprint density at radius 3 is 2.72 bits per heavy atom. The highest BCUT2D eigenvalue weighted by atomic mass is 32.1. The number of ether oxygens (including phenoxy) is 3. The van der Waals surface area contributed by atoms with Gasteiger partial charge in [-0.3, -0.25) is 4.79 Å². The van der Waals surface area contributed by atoms with Crippen molar-refractivity contribution in [3.8, 4) is 22.8 Å². The summed E-state index contributed by atoms with van der Waals surface area (Å²) in [6, 6.07) is 9.79. The van der Waals surface area contributed by atoms with E-state index < -0.39 is 0 Å². The lowest BCUT2D eigenvalue weighted by Crippen LogP contribution is -2.22. The van der Waals surface area contributed by atoms with Gasteiger partial charge in [0.1, 0.15) is 0 Å². The van der Waals surface area contributed by atoms with Crippen LogP contribution in [0, 0.1) is 6.92 Å². The molecule has 0 bridgehead atoms. The zero-order valence-electron chi connectivity index (χ0n) is 16.9. The van der Waals surface area contributed by atoms with Crippen molar-refractivity contribution in [2.45, 2.75) is 25.8 Å². The number of nitrogens with zero attached hydrogens (tertiary/aromatic N) is 1. The van der Waals surface area contributed by atoms with Crippen LogP contribution >= 0.6 is 11.3 Å². The lowest BCUT2D eigenvalue weighted by atomic mass is 9.91. The van der Waals surface area contributed by atoms with Crippen molar-refractivity contribution in [3.63, 3.8) is 0 Å². The number of methoxy groups -OCH3 is 2. The van der Waals surface area contributed by atoms with Crippen LogP contribution in [-0.4, -0.2) is 32.0 Å². The van der Waals surface area contributed by atoms with Gasteiger partial charge in [-0.2, -0.15) is 0 Å². The summed E-state index contributed by atoms with van der Waals surface area (Å²) in [7, 11) is 3.33. The fraction of sp³-hybridized carbons (Fsp3) is 0.348. The fourth-order valence-corrected chi connectivity index (χ4v) is 4.82. The van der Waals surface area contributed by atoms with Crippen molar-refractivity contribution in [2.24, 2.45) is 0 Å². The van der Waals surface area contributed by atoms with Gasteiger partial charge in [-0.05, 0) is 48.1 Å². The van der Waals surface area contributed by atoms with Crippen LogP contribution < -0.4 is 14.9 Å². The van der Waals surface area contributed by atoms with E-state index in [1.165, 1.54) is 10.4 Å². The highest BCUT2D eigenvalue weighted by Crippen LogP contribution is 2.43. The topological polar surface area (TPSA) is 49.7 Å². The minimum absolute atomic E-state index is 0.00377. The second kappa shape index (κ2) is 8.43. The molecule has 1 aromatic carbocycles. The Kier molecular flexibility index (Phi) is 5.74. The van der Waals surface area contributed by atoms with Crippen LogP contribution in [0.3, 0.4) is 0 Å². The predicted octanol–water partition coefficient (Wildman–Crippen LogP) is 4.45. The molecule has 6 heteroatoms. The summed E-state index contributed by atoms with van der Waals surface area (Å²) in [5, 5.41) is 2.17. The minimum Gasteiger partial charge on any atom is -0.493 e. The van der Waals surface area contributed by atoms with E-state index in [-0.39, 0.29) is 11.5 Å². The number of rotatable bonds is 7. The number of aryl methyl sites for hydroxylation is 1. The summed E-state index contributed by atoms with van der Waals surface area (Å²) < 4.78 is 18.9. The molecule has 1 aliphatic rings. The molecule has 0 aliphatic carbocycles. The van der Waals surface area contributed by atoms with E-state index in [1.807, 2.05) is 12.3 Å². The van der Waals surface area contributed by atoms with Gasteiger partial charge in [0, 0.05) is 48.9 Å². The third-order valence-electron chi connectivity index (χ3n) is 5.20. The summed E-state index contributed by atoms with van der Waals surface area (Å²) in [5.41, 5.74) is 4.36. The van der Waals surface area contributed by atoms with E-state index in [9.17, 15) is 4.79 Å². The largest absolute Gasteiger partial charge is 0.493 e. The molecule has 1 atom stereocenters. The smallest absolute Gasteiger partial charge is 0.182 e. The van der Waals surface area contributed by atoms with Gasteiger partial charge in [0.05, 0.1) is 25.5 Å². The second-order valence-corrected chi connectivity index (χ2v) is 8.20. The number of benzene rings is 1. The summed E-state index contributed by atoms with van der Waals surface area (Å²) in [5.74, 6) is 1.41. The first-order chi connectivity index (χ1) is 14.1. The normalized spacial score (nSPS) is 14.9. The first-order valence-electron chi connectivity index (χ1n) is 9.71. The molecule has 1 unspecified atom stereocenters. The molecule has 0 radical (unpaired) electrons. The Morgan fingerprint density at radius 1 is 1.14 bits per heavy atom. The molecule has 4 rings (SSSR count). The van der Waals surface area contributed by atoms with E-state index in [0.717, 1.165) is 35.4 Å². The third kappa shape index (κ3) is 3.95. The second-order valence-electron chi connectivity index (χ2n) is 7.26. The van der Waals surface area contributed by atoms with Crippen LogP contribution in [-0.2, 0) is 11.2 Å². The van der Waals surface area contributed by atoms with Crippen LogP contribution in [0.1, 0.15) is 28.5 Å². The fourth-order valence-electron chi connectivity index (χ4n) is 3.82. The number of thiophene rings is 1. The van der Waals surface area contributed by atoms with Crippen LogP contribution in [0.2, 0.25) is 0 Å². The van der Waals surface area contributed by atoms with Gasteiger partial charge in [0.2, 0.25) is 0 Å². The molecule has 0 N–H and O–H groups in total. The molecule has 5 nitrogen and oxygen atoms in total. The lowest BCUT2D eigenvalue weighted by molar-refractivity contribution is 0.170. The van der Waals surface area contributed by atoms with Crippen LogP contribution in [0.5, 0.6) is 11.5 Å². The van der Waals surface area contributed by atoms with E-state index in [0.29, 0.717) is 19.0 Å². The summed E-state index contributed by atoms with van der Waals surface area (Å²) in [6.07, 6.45) is 3.55. The Bertz CT molecular complexity index is 1070. The number of pyridine rings is 1. The van der Waals surface area contributed by atoms with Gasteiger partial charge in [-0.1, -0.05) is 0 Å². The molecule has 0 saturated heterocycles. The highest BCUT2D eigenvalue weighted by molar-refractivity contribution is 7.10. The summed E-state index contributed by atoms with van der Waals surface area (Å²) in [6.45, 7) is 3.33. The average Bonchev–Trinajstić information content (AvgIpc) is 3.16. The third-order valence-corrected chi connectivity index (χ3v) is 6.35. The maximum atomic E-state index is 12.1. The zero-order chi connectivity index (χ0) is 20.4. The molecule has 29 heavy (non-hydrogen) atoms. The maximum Gasteiger partial charge on any atom is 0.182 e. The van der Waals surface area contributed by atoms with Crippen molar-refractivity contribution >= 4 is 11.3 Å². The maximum absolute atomic E-state index is 12.1. The molecule has 1 aliphatic heterocycles. The number of aromatic nitrogens is 1.